The van der Waals surface area contributed by atoms with Crippen molar-refractivity contribution in [1.29, 1.82) is 0 Å². The Hall–Kier alpha value is -1.86. The van der Waals surface area contributed by atoms with E-state index in [1.54, 1.807) is 11.8 Å². The first-order valence-electron chi connectivity index (χ1n) is 6.57. The minimum Gasteiger partial charge on any atom is -0.464 e. The van der Waals surface area contributed by atoms with Crippen LogP contribution >= 0.6 is 0 Å². The van der Waals surface area contributed by atoms with Gasteiger partial charge in [0.25, 0.3) is 0 Å². The number of methoxy groups -OCH3 is 1. The molecule has 1 aliphatic heterocycles. The summed E-state index contributed by atoms with van der Waals surface area (Å²) in [5, 5.41) is 0. The first-order valence-corrected chi connectivity index (χ1v) is 6.57. The highest BCUT2D eigenvalue weighted by Crippen LogP contribution is 2.34. The van der Waals surface area contributed by atoms with Gasteiger partial charge in [0.2, 0.25) is 5.95 Å². The molecule has 2 rings (SSSR count). The number of ether oxygens (including phenoxy) is 1. The molecule has 0 atom stereocenters. The fourth-order valence-corrected chi connectivity index (χ4v) is 2.31. The molecule has 1 aromatic heterocycles. The lowest BCUT2D eigenvalue weighted by Gasteiger charge is -2.33. The number of carbonyl (C=O) groups excluding carboxylic acids is 1. The Balaban J connectivity index is 2.13. The molecule has 0 amide bonds. The molecule has 1 fully saturated rings. The van der Waals surface area contributed by atoms with Crippen molar-refractivity contribution >= 4 is 11.9 Å². The van der Waals surface area contributed by atoms with Crippen molar-refractivity contribution in [3.05, 3.63) is 17.5 Å². The summed E-state index contributed by atoms with van der Waals surface area (Å²) in [7, 11) is 1.24. The summed E-state index contributed by atoms with van der Waals surface area (Å²) in [6.45, 7) is 2.13. The predicted octanol–water partition coefficient (Wildman–Crippen LogP) is 2.35. The van der Waals surface area contributed by atoms with Crippen LogP contribution in [0.3, 0.4) is 0 Å². The van der Waals surface area contributed by atoms with Gasteiger partial charge >= 0.3 is 12.1 Å². The van der Waals surface area contributed by atoms with Gasteiger partial charge in [-0.3, -0.25) is 0 Å². The summed E-state index contributed by atoms with van der Waals surface area (Å²) >= 11 is 0. The highest BCUT2D eigenvalue weighted by molar-refractivity contribution is 5.87. The van der Waals surface area contributed by atoms with Crippen LogP contribution in [-0.4, -0.2) is 42.3 Å². The third-order valence-corrected chi connectivity index (χ3v) is 3.48. The van der Waals surface area contributed by atoms with E-state index in [0.717, 1.165) is 0 Å². The van der Waals surface area contributed by atoms with Crippen molar-refractivity contribution < 1.29 is 22.7 Å². The molecule has 0 bridgehead atoms. The number of alkyl halides is 3. The molecule has 0 aromatic carbocycles. The van der Waals surface area contributed by atoms with Crippen LogP contribution in [0, 0.1) is 12.8 Å². The number of aromatic nitrogens is 2. The Kier molecular flexibility index (Phi) is 4.34. The molecule has 0 radical (unpaired) electrons. The summed E-state index contributed by atoms with van der Waals surface area (Å²) in [5.41, 5.74) is 0.677. The Bertz CT molecular complexity index is 526. The maximum atomic E-state index is 12.6. The number of nitrogens with zero attached hydrogens (tertiary/aromatic N) is 3. The van der Waals surface area contributed by atoms with E-state index in [0.29, 0.717) is 5.69 Å². The number of piperidine rings is 1. The first-order chi connectivity index (χ1) is 9.81. The van der Waals surface area contributed by atoms with Crippen LogP contribution in [0.2, 0.25) is 0 Å². The maximum Gasteiger partial charge on any atom is 0.391 e. The van der Waals surface area contributed by atoms with Gasteiger partial charge in [-0.15, -0.1) is 0 Å². The minimum absolute atomic E-state index is 0.00829. The number of anilines is 1. The SMILES string of the molecule is COC(=O)c1cc(C)nc(N2CCC(C(F)(F)F)CC2)n1. The molecule has 0 unspecified atom stereocenters. The Morgan fingerprint density at radius 3 is 2.48 bits per heavy atom. The second-order valence-electron chi connectivity index (χ2n) is 4.99. The van der Waals surface area contributed by atoms with Crippen molar-refractivity contribution in [2.24, 2.45) is 5.92 Å². The average Bonchev–Trinajstić information content (AvgIpc) is 2.45. The lowest BCUT2D eigenvalue weighted by atomic mass is 9.96. The van der Waals surface area contributed by atoms with Gasteiger partial charge < -0.3 is 9.64 Å². The van der Waals surface area contributed by atoms with Gasteiger partial charge in [-0.2, -0.15) is 13.2 Å². The van der Waals surface area contributed by atoms with E-state index >= 15 is 0 Å². The molecule has 1 saturated heterocycles. The number of aryl methyl sites for hydroxylation is 1. The van der Waals surface area contributed by atoms with Crippen molar-refractivity contribution in [3.63, 3.8) is 0 Å². The van der Waals surface area contributed by atoms with Crippen molar-refractivity contribution in [2.45, 2.75) is 25.9 Å². The Labute approximate surface area is 120 Å². The van der Waals surface area contributed by atoms with Crippen molar-refractivity contribution in [3.8, 4) is 0 Å². The third-order valence-electron chi connectivity index (χ3n) is 3.48. The quantitative estimate of drug-likeness (QED) is 0.785. The van der Waals surface area contributed by atoms with Gasteiger partial charge in [0.1, 0.15) is 0 Å². The summed E-state index contributed by atoms with van der Waals surface area (Å²) in [6.07, 6.45) is -4.14. The molecular formula is C13H16F3N3O2. The minimum atomic E-state index is -4.16. The number of carbonyl (C=O) groups is 1. The van der Waals surface area contributed by atoms with Gasteiger partial charge in [-0.25, -0.2) is 14.8 Å². The lowest BCUT2D eigenvalue weighted by molar-refractivity contribution is -0.179. The zero-order chi connectivity index (χ0) is 15.6. The second kappa shape index (κ2) is 5.87. The molecule has 0 aliphatic carbocycles. The molecule has 1 aliphatic rings. The molecule has 116 valence electrons. The summed E-state index contributed by atoms with van der Waals surface area (Å²) in [6, 6.07) is 1.48. The van der Waals surface area contributed by atoms with Gasteiger partial charge in [0.05, 0.1) is 13.0 Å². The maximum absolute atomic E-state index is 12.6. The van der Waals surface area contributed by atoms with Crippen LogP contribution in [0.1, 0.15) is 29.0 Å². The van der Waals surface area contributed by atoms with Crippen LogP contribution in [-0.2, 0) is 4.74 Å². The number of hydrogen-bond acceptors (Lipinski definition) is 5. The van der Waals surface area contributed by atoms with Gasteiger partial charge in [0, 0.05) is 18.8 Å². The standard InChI is InChI=1S/C13H16F3N3O2/c1-8-7-10(11(20)21-2)18-12(17-8)19-5-3-9(4-6-19)13(14,15)16/h7,9H,3-6H2,1-2H3. The van der Waals surface area contributed by atoms with Gasteiger partial charge in [-0.1, -0.05) is 0 Å². The van der Waals surface area contributed by atoms with Crippen LogP contribution in [0.5, 0.6) is 0 Å². The largest absolute Gasteiger partial charge is 0.464 e. The predicted molar refractivity (Wildman–Crippen MR) is 69.1 cm³/mol. The number of rotatable bonds is 2. The van der Waals surface area contributed by atoms with Crippen LogP contribution in [0.4, 0.5) is 19.1 Å². The van der Waals surface area contributed by atoms with E-state index in [2.05, 4.69) is 14.7 Å². The first kappa shape index (κ1) is 15.5. The third kappa shape index (κ3) is 3.62. The van der Waals surface area contributed by atoms with Crippen LogP contribution in [0.25, 0.3) is 0 Å². The average molecular weight is 303 g/mol. The van der Waals surface area contributed by atoms with Crippen LogP contribution in [0.15, 0.2) is 6.07 Å². The highest BCUT2D eigenvalue weighted by atomic mass is 19.4. The zero-order valence-electron chi connectivity index (χ0n) is 11.8. The normalized spacial score (nSPS) is 16.9. The number of hydrogen-bond donors (Lipinski definition) is 0. The van der Waals surface area contributed by atoms with E-state index in [4.69, 9.17) is 0 Å². The van der Waals surface area contributed by atoms with Crippen molar-refractivity contribution in [2.75, 3.05) is 25.1 Å². The smallest absolute Gasteiger partial charge is 0.391 e. The lowest BCUT2D eigenvalue weighted by Crippen LogP contribution is -2.40. The van der Waals surface area contributed by atoms with Crippen LogP contribution < -0.4 is 4.90 Å². The van der Waals surface area contributed by atoms with E-state index < -0.39 is 18.1 Å². The van der Waals surface area contributed by atoms with E-state index in [-0.39, 0.29) is 37.6 Å². The molecular weight excluding hydrogens is 287 g/mol. The molecule has 2 heterocycles. The molecule has 0 saturated carbocycles. The molecule has 5 nitrogen and oxygen atoms in total. The number of esters is 1. The summed E-state index contributed by atoms with van der Waals surface area (Å²) in [5.74, 6) is -1.60. The van der Waals surface area contributed by atoms with E-state index in [1.165, 1.54) is 13.2 Å². The fourth-order valence-electron chi connectivity index (χ4n) is 2.31. The topological polar surface area (TPSA) is 55.3 Å². The van der Waals surface area contributed by atoms with E-state index in [1.807, 2.05) is 0 Å². The highest BCUT2D eigenvalue weighted by Gasteiger charge is 2.41. The second-order valence-corrected chi connectivity index (χ2v) is 4.99. The molecule has 8 heteroatoms. The Morgan fingerprint density at radius 1 is 1.33 bits per heavy atom. The summed E-state index contributed by atoms with van der Waals surface area (Å²) < 4.78 is 42.5. The molecule has 1 aromatic rings. The number of halogens is 3. The molecule has 21 heavy (non-hydrogen) atoms. The monoisotopic (exact) mass is 303 g/mol. The fraction of sp³-hybridized carbons (Fsp3) is 0.615. The summed E-state index contributed by atoms with van der Waals surface area (Å²) in [4.78, 5) is 21.4. The van der Waals surface area contributed by atoms with Gasteiger partial charge in [0.15, 0.2) is 5.69 Å². The Morgan fingerprint density at radius 2 is 1.95 bits per heavy atom. The van der Waals surface area contributed by atoms with E-state index in [9.17, 15) is 18.0 Å². The van der Waals surface area contributed by atoms with Crippen molar-refractivity contribution in [1.82, 2.24) is 9.97 Å². The molecule has 0 N–H and O–H groups in total. The zero-order valence-corrected chi connectivity index (χ0v) is 11.8. The van der Waals surface area contributed by atoms with Gasteiger partial charge in [-0.05, 0) is 25.8 Å². The molecule has 0 spiro atoms.